The van der Waals surface area contributed by atoms with Crippen molar-refractivity contribution < 1.29 is 13.9 Å². The molecule has 0 bridgehead atoms. The van der Waals surface area contributed by atoms with Crippen LogP contribution in [0.2, 0.25) is 0 Å². The predicted molar refractivity (Wildman–Crippen MR) is 67.9 cm³/mol. The van der Waals surface area contributed by atoms with Gasteiger partial charge in [0, 0.05) is 39.1 Å². The Morgan fingerprint density at radius 1 is 1.50 bits per heavy atom. The average molecular weight is 254 g/mol. The van der Waals surface area contributed by atoms with Gasteiger partial charge in [-0.15, -0.1) is 0 Å². The summed E-state index contributed by atoms with van der Waals surface area (Å²) in [4.78, 5) is 0. The van der Waals surface area contributed by atoms with Crippen molar-refractivity contribution in [2.75, 3.05) is 19.8 Å². The molecule has 1 aromatic rings. The summed E-state index contributed by atoms with van der Waals surface area (Å²) >= 11 is 0. The second-order valence-corrected chi connectivity index (χ2v) is 4.61. The van der Waals surface area contributed by atoms with Crippen molar-refractivity contribution in [1.29, 1.82) is 0 Å². The fourth-order valence-corrected chi connectivity index (χ4v) is 2.62. The molecule has 1 aliphatic heterocycles. The van der Waals surface area contributed by atoms with Gasteiger partial charge in [0.15, 0.2) is 0 Å². The first-order valence-electron chi connectivity index (χ1n) is 6.51. The zero-order valence-electron chi connectivity index (χ0n) is 10.9. The van der Waals surface area contributed by atoms with Gasteiger partial charge in [-0.05, 0) is 19.1 Å². The fourth-order valence-electron chi connectivity index (χ4n) is 2.62. The van der Waals surface area contributed by atoms with Crippen molar-refractivity contribution in [2.45, 2.75) is 37.8 Å². The first-order valence-corrected chi connectivity index (χ1v) is 6.51. The van der Waals surface area contributed by atoms with E-state index in [4.69, 9.17) is 19.7 Å². The van der Waals surface area contributed by atoms with E-state index in [1.54, 1.807) is 6.26 Å². The predicted octanol–water partition coefficient (Wildman–Crippen LogP) is 1.24. The number of hydrogen-bond acceptors (Lipinski definition) is 5. The first kappa shape index (κ1) is 13.5. The van der Waals surface area contributed by atoms with Crippen molar-refractivity contribution in [1.82, 2.24) is 5.43 Å². The standard InChI is InChI=1S/C13H22N2O3/c1-2-18-13(5-8-16-9-6-13)12(15-14)10-11-4-3-7-17-11/h3-4,7,12,15H,2,5-6,8-10,14H2,1H3. The summed E-state index contributed by atoms with van der Waals surface area (Å²) in [6.45, 7) is 4.13. The van der Waals surface area contributed by atoms with Crippen LogP contribution in [0.1, 0.15) is 25.5 Å². The van der Waals surface area contributed by atoms with Crippen LogP contribution in [0, 0.1) is 0 Å². The number of hydrazine groups is 1. The highest BCUT2D eigenvalue weighted by Gasteiger charge is 2.41. The van der Waals surface area contributed by atoms with Crippen LogP contribution in [0.15, 0.2) is 22.8 Å². The molecule has 0 aliphatic carbocycles. The number of nitrogens with one attached hydrogen (secondary N) is 1. The molecule has 2 heterocycles. The van der Waals surface area contributed by atoms with E-state index in [2.05, 4.69) is 5.43 Å². The van der Waals surface area contributed by atoms with Crippen LogP contribution in [0.4, 0.5) is 0 Å². The molecular formula is C13H22N2O3. The Hall–Kier alpha value is -0.880. The van der Waals surface area contributed by atoms with Gasteiger partial charge < -0.3 is 13.9 Å². The molecule has 18 heavy (non-hydrogen) atoms. The lowest BCUT2D eigenvalue weighted by molar-refractivity contribution is -0.127. The summed E-state index contributed by atoms with van der Waals surface area (Å²) in [7, 11) is 0. The van der Waals surface area contributed by atoms with Crippen LogP contribution in [-0.2, 0) is 15.9 Å². The molecule has 1 atom stereocenters. The van der Waals surface area contributed by atoms with E-state index in [-0.39, 0.29) is 11.6 Å². The van der Waals surface area contributed by atoms with Crippen LogP contribution < -0.4 is 11.3 Å². The third-order valence-electron chi connectivity index (χ3n) is 3.59. The minimum Gasteiger partial charge on any atom is -0.469 e. The minimum atomic E-state index is -0.255. The molecule has 5 nitrogen and oxygen atoms in total. The maximum absolute atomic E-state index is 6.01. The molecule has 1 fully saturated rings. The highest BCUT2D eigenvalue weighted by molar-refractivity contribution is 5.05. The Balaban J connectivity index is 2.10. The summed E-state index contributed by atoms with van der Waals surface area (Å²) in [5, 5.41) is 0. The van der Waals surface area contributed by atoms with Crippen LogP contribution in [0.25, 0.3) is 0 Å². The molecular weight excluding hydrogens is 232 g/mol. The number of furan rings is 1. The SMILES string of the molecule is CCOC1(C(Cc2ccco2)NN)CCOCC1. The minimum absolute atomic E-state index is 0.0347. The molecule has 0 amide bonds. The monoisotopic (exact) mass is 254 g/mol. The van der Waals surface area contributed by atoms with E-state index in [0.29, 0.717) is 6.61 Å². The molecule has 1 aliphatic rings. The molecule has 0 saturated carbocycles. The third kappa shape index (κ3) is 2.92. The van der Waals surface area contributed by atoms with Gasteiger partial charge in [-0.1, -0.05) is 0 Å². The molecule has 102 valence electrons. The third-order valence-corrected chi connectivity index (χ3v) is 3.59. The molecule has 3 N–H and O–H groups in total. The zero-order valence-corrected chi connectivity index (χ0v) is 10.9. The van der Waals surface area contributed by atoms with Crippen molar-refractivity contribution in [2.24, 2.45) is 5.84 Å². The van der Waals surface area contributed by atoms with Crippen LogP contribution in [0.3, 0.4) is 0 Å². The molecule has 0 radical (unpaired) electrons. The Morgan fingerprint density at radius 2 is 2.28 bits per heavy atom. The van der Waals surface area contributed by atoms with Crippen LogP contribution >= 0.6 is 0 Å². The number of nitrogens with two attached hydrogens (primary N) is 1. The zero-order chi connectivity index (χ0) is 12.8. The van der Waals surface area contributed by atoms with Crippen molar-refractivity contribution >= 4 is 0 Å². The highest BCUT2D eigenvalue weighted by atomic mass is 16.5. The molecule has 2 rings (SSSR count). The molecule has 5 heteroatoms. The Bertz CT molecular complexity index is 329. The van der Waals surface area contributed by atoms with E-state index in [9.17, 15) is 0 Å². The second kappa shape index (κ2) is 6.33. The second-order valence-electron chi connectivity index (χ2n) is 4.61. The molecule has 1 unspecified atom stereocenters. The summed E-state index contributed by atoms with van der Waals surface area (Å²) in [5.74, 6) is 6.64. The summed E-state index contributed by atoms with van der Waals surface area (Å²) in [5.41, 5.74) is 2.64. The average Bonchev–Trinajstić information content (AvgIpc) is 2.90. The maximum Gasteiger partial charge on any atom is 0.105 e. The van der Waals surface area contributed by atoms with Crippen LogP contribution in [-0.4, -0.2) is 31.5 Å². The van der Waals surface area contributed by atoms with Gasteiger partial charge in [0.25, 0.3) is 0 Å². The van der Waals surface area contributed by atoms with Gasteiger partial charge in [-0.25, -0.2) is 0 Å². The van der Waals surface area contributed by atoms with Crippen molar-refractivity contribution in [3.8, 4) is 0 Å². The van der Waals surface area contributed by atoms with E-state index in [1.165, 1.54) is 0 Å². The molecule has 1 aromatic heterocycles. The van der Waals surface area contributed by atoms with E-state index < -0.39 is 0 Å². The van der Waals surface area contributed by atoms with Gasteiger partial charge in [0.1, 0.15) is 5.76 Å². The van der Waals surface area contributed by atoms with Crippen molar-refractivity contribution in [3.05, 3.63) is 24.2 Å². The smallest absolute Gasteiger partial charge is 0.105 e. The number of rotatable bonds is 6. The van der Waals surface area contributed by atoms with Gasteiger partial charge in [0.2, 0.25) is 0 Å². The van der Waals surface area contributed by atoms with Gasteiger partial charge in [-0.3, -0.25) is 11.3 Å². The number of hydrogen-bond donors (Lipinski definition) is 2. The van der Waals surface area contributed by atoms with Gasteiger partial charge in [0.05, 0.1) is 17.9 Å². The quantitative estimate of drug-likeness (QED) is 0.590. The van der Waals surface area contributed by atoms with Crippen molar-refractivity contribution in [3.63, 3.8) is 0 Å². The Labute approximate surface area is 108 Å². The van der Waals surface area contributed by atoms with Gasteiger partial charge >= 0.3 is 0 Å². The number of ether oxygens (including phenoxy) is 2. The summed E-state index contributed by atoms with van der Waals surface area (Å²) in [6.07, 6.45) is 4.12. The van der Waals surface area contributed by atoms with E-state index in [1.807, 2.05) is 19.1 Å². The largest absolute Gasteiger partial charge is 0.469 e. The van der Waals surface area contributed by atoms with E-state index >= 15 is 0 Å². The normalized spacial score (nSPS) is 20.8. The topological polar surface area (TPSA) is 69.7 Å². The lowest BCUT2D eigenvalue weighted by Gasteiger charge is -2.42. The Morgan fingerprint density at radius 3 is 2.83 bits per heavy atom. The van der Waals surface area contributed by atoms with Crippen LogP contribution in [0.5, 0.6) is 0 Å². The van der Waals surface area contributed by atoms with E-state index in [0.717, 1.165) is 38.2 Å². The fraction of sp³-hybridized carbons (Fsp3) is 0.692. The lowest BCUT2D eigenvalue weighted by atomic mass is 9.84. The van der Waals surface area contributed by atoms with Gasteiger partial charge in [-0.2, -0.15) is 0 Å². The molecule has 0 spiro atoms. The molecule has 0 aromatic carbocycles. The first-order chi connectivity index (χ1) is 8.80. The summed E-state index contributed by atoms with van der Waals surface area (Å²) in [6, 6.07) is 3.89. The lowest BCUT2D eigenvalue weighted by Crippen LogP contribution is -2.58. The summed E-state index contributed by atoms with van der Waals surface area (Å²) < 4.78 is 16.8. The highest BCUT2D eigenvalue weighted by Crippen LogP contribution is 2.30. The maximum atomic E-state index is 6.01. The Kier molecular flexibility index (Phi) is 4.77. The molecule has 1 saturated heterocycles.